The van der Waals surface area contributed by atoms with Gasteiger partial charge in [-0.15, -0.1) is 10.2 Å². The van der Waals surface area contributed by atoms with Crippen LogP contribution in [0.1, 0.15) is 12.5 Å². The topological polar surface area (TPSA) is 98.7 Å². The second kappa shape index (κ2) is 7.92. The first-order valence-corrected chi connectivity index (χ1v) is 9.99. The van der Waals surface area contributed by atoms with Crippen LogP contribution in [-0.2, 0) is 4.79 Å². The minimum atomic E-state index is -0.417. The molecule has 8 heteroatoms. The largest absolute Gasteiger partial charge is 0.335 e. The minimum Gasteiger partial charge on any atom is -0.335 e. The molecule has 2 aromatic heterocycles. The van der Waals surface area contributed by atoms with Crippen LogP contribution in [0.4, 0.5) is 5.69 Å². The molecule has 0 fully saturated rings. The van der Waals surface area contributed by atoms with Gasteiger partial charge in [0.2, 0.25) is 11.1 Å². The molecule has 0 aliphatic carbocycles. The molecule has 146 valence electrons. The number of nitrogens with zero attached hydrogens (tertiary/aromatic N) is 4. The molecule has 1 amide bonds. The Bertz CT molecular complexity index is 1170. The predicted molar refractivity (Wildman–Crippen MR) is 116 cm³/mol. The van der Waals surface area contributed by atoms with Gasteiger partial charge in [0.25, 0.3) is 0 Å². The minimum absolute atomic E-state index is 0.147. The molecule has 0 aliphatic rings. The molecule has 0 saturated carbocycles. The smallest absolute Gasteiger partial charge is 0.237 e. The molecule has 4 rings (SSSR count). The molecule has 2 aromatic carbocycles. The number of fused-ring (bicyclic) bond motifs is 1. The third-order valence-electron chi connectivity index (χ3n) is 4.53. The van der Waals surface area contributed by atoms with Crippen molar-refractivity contribution in [3.05, 3.63) is 66.4 Å². The summed E-state index contributed by atoms with van der Waals surface area (Å²) in [6.07, 6.45) is 1.73. The molecule has 0 aliphatic heterocycles. The number of thioether (sulfide) groups is 1. The maximum atomic E-state index is 12.7. The fourth-order valence-corrected chi connectivity index (χ4v) is 3.69. The Kier molecular flexibility index (Phi) is 5.18. The molecule has 0 spiro atoms. The number of aromatic nitrogens is 4. The number of nitrogens with two attached hydrogens (primary N) is 1. The number of nitrogens with one attached hydrogen (secondary N) is 1. The van der Waals surface area contributed by atoms with Gasteiger partial charge in [0.15, 0.2) is 5.82 Å². The van der Waals surface area contributed by atoms with Gasteiger partial charge in [-0.2, -0.15) is 0 Å². The van der Waals surface area contributed by atoms with E-state index < -0.39 is 5.25 Å². The average Bonchev–Trinajstić information content (AvgIpc) is 3.09. The molecular weight excluding hydrogens is 384 g/mol. The molecule has 3 N–H and O–H groups in total. The van der Waals surface area contributed by atoms with Crippen LogP contribution in [0.3, 0.4) is 0 Å². The van der Waals surface area contributed by atoms with E-state index in [0.717, 1.165) is 27.7 Å². The van der Waals surface area contributed by atoms with Crippen molar-refractivity contribution in [1.82, 2.24) is 19.9 Å². The van der Waals surface area contributed by atoms with Crippen LogP contribution in [0.25, 0.3) is 22.3 Å². The summed E-state index contributed by atoms with van der Waals surface area (Å²) in [5, 5.41) is 12.3. The summed E-state index contributed by atoms with van der Waals surface area (Å²) in [5.74, 6) is 6.59. The highest BCUT2D eigenvalue weighted by molar-refractivity contribution is 8.00. The van der Waals surface area contributed by atoms with Gasteiger partial charge in [0, 0.05) is 17.1 Å². The summed E-state index contributed by atoms with van der Waals surface area (Å²) >= 11 is 1.26. The van der Waals surface area contributed by atoms with Crippen molar-refractivity contribution in [2.45, 2.75) is 24.3 Å². The highest BCUT2D eigenvalue weighted by Gasteiger charge is 2.20. The zero-order valence-electron chi connectivity index (χ0n) is 16.0. The number of nitrogen functional groups attached to an aromatic ring is 1. The molecule has 0 radical (unpaired) electrons. The quantitative estimate of drug-likeness (QED) is 0.389. The average molecular weight is 404 g/mol. The first-order chi connectivity index (χ1) is 14.0. The Hall–Kier alpha value is -3.39. The van der Waals surface area contributed by atoms with Crippen LogP contribution >= 0.6 is 11.8 Å². The van der Waals surface area contributed by atoms with Gasteiger partial charge in [0.05, 0.1) is 16.5 Å². The Morgan fingerprint density at radius 3 is 2.69 bits per heavy atom. The summed E-state index contributed by atoms with van der Waals surface area (Å²) in [5.41, 5.74) is 3.58. The summed E-state index contributed by atoms with van der Waals surface area (Å²) in [6, 6.07) is 17.3. The second-order valence-electron chi connectivity index (χ2n) is 6.67. The van der Waals surface area contributed by atoms with Crippen LogP contribution in [-0.4, -0.2) is 31.0 Å². The summed E-state index contributed by atoms with van der Waals surface area (Å²) in [6.45, 7) is 3.83. The van der Waals surface area contributed by atoms with Crippen LogP contribution in [0.5, 0.6) is 0 Å². The lowest BCUT2D eigenvalue weighted by atomic mass is 10.1. The van der Waals surface area contributed by atoms with E-state index in [1.165, 1.54) is 16.4 Å². The molecule has 0 saturated heterocycles. The number of amides is 1. The van der Waals surface area contributed by atoms with Crippen molar-refractivity contribution in [2.75, 3.05) is 11.2 Å². The Labute approximate surface area is 172 Å². The van der Waals surface area contributed by atoms with Gasteiger partial charge in [-0.05, 0) is 38.1 Å². The lowest BCUT2D eigenvalue weighted by Crippen LogP contribution is -2.23. The summed E-state index contributed by atoms with van der Waals surface area (Å²) < 4.78 is 1.42. The zero-order chi connectivity index (χ0) is 20.4. The van der Waals surface area contributed by atoms with E-state index in [2.05, 4.69) is 20.5 Å². The van der Waals surface area contributed by atoms with Crippen molar-refractivity contribution in [3.63, 3.8) is 0 Å². The number of hydrogen-bond acceptors (Lipinski definition) is 6. The monoisotopic (exact) mass is 404 g/mol. The number of benzene rings is 2. The van der Waals surface area contributed by atoms with Gasteiger partial charge in [-0.3, -0.25) is 9.78 Å². The fourth-order valence-electron chi connectivity index (χ4n) is 2.92. The Balaban J connectivity index is 1.50. The molecule has 7 nitrogen and oxygen atoms in total. The molecular formula is C21H20N6OS. The third kappa shape index (κ3) is 3.93. The Morgan fingerprint density at radius 1 is 1.10 bits per heavy atom. The van der Waals surface area contributed by atoms with Crippen molar-refractivity contribution in [1.29, 1.82) is 0 Å². The van der Waals surface area contributed by atoms with E-state index in [4.69, 9.17) is 5.84 Å². The highest BCUT2D eigenvalue weighted by Crippen LogP contribution is 2.27. The fraction of sp³-hybridized carbons (Fsp3) is 0.143. The van der Waals surface area contributed by atoms with Gasteiger partial charge in [-0.1, -0.05) is 47.7 Å². The lowest BCUT2D eigenvalue weighted by molar-refractivity contribution is -0.115. The summed E-state index contributed by atoms with van der Waals surface area (Å²) in [4.78, 5) is 17.1. The van der Waals surface area contributed by atoms with Gasteiger partial charge >= 0.3 is 0 Å². The van der Waals surface area contributed by atoms with Crippen LogP contribution in [0, 0.1) is 6.92 Å². The third-order valence-corrected chi connectivity index (χ3v) is 5.59. The van der Waals surface area contributed by atoms with Gasteiger partial charge in [-0.25, -0.2) is 4.68 Å². The van der Waals surface area contributed by atoms with E-state index >= 15 is 0 Å². The number of carbonyl (C=O) groups excluding carboxylic acids is 1. The van der Waals surface area contributed by atoms with Crippen LogP contribution in [0.15, 0.2) is 66.0 Å². The number of aryl methyl sites for hydroxylation is 1. The number of rotatable bonds is 5. The molecule has 0 bridgehead atoms. The van der Waals surface area contributed by atoms with Crippen LogP contribution in [0.2, 0.25) is 0 Å². The van der Waals surface area contributed by atoms with Crippen molar-refractivity contribution in [3.8, 4) is 11.4 Å². The first-order valence-electron chi connectivity index (χ1n) is 9.12. The van der Waals surface area contributed by atoms with Crippen LogP contribution < -0.4 is 11.2 Å². The van der Waals surface area contributed by atoms with E-state index in [9.17, 15) is 4.79 Å². The molecule has 1 unspecified atom stereocenters. The first kappa shape index (κ1) is 18.9. The lowest BCUT2D eigenvalue weighted by Gasteiger charge is -2.13. The van der Waals surface area contributed by atoms with E-state index in [-0.39, 0.29) is 5.91 Å². The molecule has 2 heterocycles. The van der Waals surface area contributed by atoms with Gasteiger partial charge < -0.3 is 11.2 Å². The maximum absolute atomic E-state index is 12.7. The Morgan fingerprint density at radius 2 is 1.90 bits per heavy atom. The second-order valence-corrected chi connectivity index (χ2v) is 7.98. The standard InChI is InChI=1S/C21H20N6OS/c1-13-8-10-15(11-9-13)19-25-26-21(27(19)22)29-14(2)20(28)24-18-7-3-6-17-16(18)5-4-12-23-17/h3-12,14H,22H2,1-2H3,(H,24,28). The van der Waals surface area contributed by atoms with E-state index in [1.54, 1.807) is 6.20 Å². The van der Waals surface area contributed by atoms with Crippen molar-refractivity contribution < 1.29 is 4.79 Å². The highest BCUT2D eigenvalue weighted by atomic mass is 32.2. The van der Waals surface area contributed by atoms with E-state index in [1.807, 2.05) is 68.4 Å². The van der Waals surface area contributed by atoms with Crippen molar-refractivity contribution >= 4 is 34.3 Å². The number of carbonyl (C=O) groups is 1. The maximum Gasteiger partial charge on any atom is 0.237 e. The number of anilines is 1. The SMILES string of the molecule is Cc1ccc(-c2nnc(SC(C)C(=O)Nc3cccc4ncccc34)n2N)cc1. The van der Waals surface area contributed by atoms with Crippen molar-refractivity contribution in [2.24, 2.45) is 0 Å². The molecule has 29 heavy (non-hydrogen) atoms. The predicted octanol–water partition coefficient (Wildman–Crippen LogP) is 3.63. The zero-order valence-corrected chi connectivity index (χ0v) is 16.9. The molecule has 4 aromatic rings. The number of pyridine rings is 1. The van der Waals surface area contributed by atoms with Gasteiger partial charge in [0.1, 0.15) is 0 Å². The normalized spacial score (nSPS) is 12.1. The number of hydrogen-bond donors (Lipinski definition) is 2. The van der Waals surface area contributed by atoms with E-state index in [0.29, 0.717) is 11.0 Å². The molecule has 1 atom stereocenters. The summed E-state index contributed by atoms with van der Waals surface area (Å²) in [7, 11) is 0.